The van der Waals surface area contributed by atoms with Crippen molar-refractivity contribution < 1.29 is 13.9 Å². The van der Waals surface area contributed by atoms with Crippen LogP contribution in [0.25, 0.3) is 0 Å². The molecule has 1 rings (SSSR count). The van der Waals surface area contributed by atoms with E-state index in [0.717, 1.165) is 6.54 Å². The molecule has 21 heavy (non-hydrogen) atoms. The number of nitrogens with zero attached hydrogens (tertiary/aromatic N) is 1. The predicted molar refractivity (Wildman–Crippen MR) is 84.6 cm³/mol. The van der Waals surface area contributed by atoms with E-state index in [1.165, 1.54) is 6.07 Å². The lowest BCUT2D eigenvalue weighted by molar-refractivity contribution is -0.151. The molecule has 1 N–H and O–H groups in total. The Morgan fingerprint density at radius 3 is 2.71 bits per heavy atom. The molecule has 0 saturated heterocycles. The zero-order chi connectivity index (χ0) is 16.0. The highest BCUT2D eigenvalue weighted by Crippen LogP contribution is 2.28. The first-order chi connectivity index (χ1) is 9.81. The van der Waals surface area contributed by atoms with Crippen LogP contribution < -0.4 is 5.32 Å². The number of likely N-dealkylation sites (N-methyl/N-ethyl adjacent to an activating group) is 1. The number of rotatable bonds is 7. The Bertz CT molecular complexity index is 497. The van der Waals surface area contributed by atoms with Crippen molar-refractivity contribution in [3.05, 3.63) is 34.1 Å². The summed E-state index contributed by atoms with van der Waals surface area (Å²) in [7, 11) is 3.87. The Labute approximate surface area is 133 Å². The summed E-state index contributed by atoms with van der Waals surface area (Å²) in [5, 5.41) is 3.12. The minimum atomic E-state index is -1.22. The number of carbonyl (C=O) groups is 1. The van der Waals surface area contributed by atoms with Crippen molar-refractivity contribution in [3.8, 4) is 0 Å². The maximum absolute atomic E-state index is 14.2. The van der Waals surface area contributed by atoms with Gasteiger partial charge in [-0.15, -0.1) is 0 Å². The molecule has 0 heterocycles. The Morgan fingerprint density at radius 1 is 1.48 bits per heavy atom. The van der Waals surface area contributed by atoms with Crippen LogP contribution >= 0.6 is 15.9 Å². The normalized spacial score (nSPS) is 14.0. The van der Waals surface area contributed by atoms with Crippen molar-refractivity contribution >= 4 is 21.9 Å². The van der Waals surface area contributed by atoms with Gasteiger partial charge in [-0.1, -0.05) is 15.9 Å². The van der Waals surface area contributed by atoms with Gasteiger partial charge in [0.15, 0.2) is 0 Å². The zero-order valence-electron chi connectivity index (χ0n) is 12.9. The van der Waals surface area contributed by atoms with E-state index in [4.69, 9.17) is 4.74 Å². The summed E-state index contributed by atoms with van der Waals surface area (Å²) >= 11 is 3.31. The summed E-state index contributed by atoms with van der Waals surface area (Å²) in [5.74, 6) is -0.924. The van der Waals surface area contributed by atoms with Crippen LogP contribution in [0.3, 0.4) is 0 Å². The van der Waals surface area contributed by atoms with Gasteiger partial charge in [-0.25, -0.2) is 9.18 Å². The molecule has 4 nitrogen and oxygen atoms in total. The molecule has 0 aromatic heterocycles. The van der Waals surface area contributed by atoms with Crippen molar-refractivity contribution in [2.75, 3.05) is 33.8 Å². The van der Waals surface area contributed by atoms with E-state index in [9.17, 15) is 9.18 Å². The lowest BCUT2D eigenvalue weighted by Crippen LogP contribution is -2.50. The lowest BCUT2D eigenvalue weighted by atomic mass is 9.91. The molecule has 0 saturated carbocycles. The monoisotopic (exact) mass is 360 g/mol. The average Bonchev–Trinajstić information content (AvgIpc) is 2.41. The first-order valence-electron chi connectivity index (χ1n) is 6.83. The number of esters is 1. The number of hydrogen-bond donors (Lipinski definition) is 1. The molecule has 0 fully saturated rings. The molecule has 0 aliphatic carbocycles. The van der Waals surface area contributed by atoms with Crippen LogP contribution in [0.15, 0.2) is 22.7 Å². The summed E-state index contributed by atoms with van der Waals surface area (Å²) in [4.78, 5) is 14.3. The Balaban J connectivity index is 3.11. The number of carbonyl (C=O) groups excluding carboxylic acids is 1. The second-order valence-corrected chi connectivity index (χ2v) is 6.12. The van der Waals surface area contributed by atoms with Gasteiger partial charge >= 0.3 is 5.97 Å². The molecule has 1 unspecified atom stereocenters. The van der Waals surface area contributed by atoms with Gasteiger partial charge in [0.1, 0.15) is 11.4 Å². The number of nitrogens with one attached hydrogen (secondary N) is 1. The maximum Gasteiger partial charge on any atom is 0.330 e. The summed E-state index contributed by atoms with van der Waals surface area (Å²) < 4.78 is 20.0. The summed E-state index contributed by atoms with van der Waals surface area (Å²) in [6.07, 6.45) is 0. The van der Waals surface area contributed by atoms with Crippen molar-refractivity contribution in [2.24, 2.45) is 0 Å². The van der Waals surface area contributed by atoms with Gasteiger partial charge in [-0.3, -0.25) is 5.32 Å². The molecule has 0 radical (unpaired) electrons. The molecule has 0 bridgehead atoms. The SMILES string of the molecule is CCOC(=O)C(C)(NCCN(C)C)c1cc(Br)ccc1F. The van der Waals surface area contributed by atoms with Gasteiger partial charge in [-0.2, -0.15) is 0 Å². The maximum atomic E-state index is 14.2. The van der Waals surface area contributed by atoms with Crippen LogP contribution in [0, 0.1) is 5.82 Å². The Hall–Kier alpha value is -0.980. The van der Waals surface area contributed by atoms with Crippen LogP contribution in [0.1, 0.15) is 19.4 Å². The van der Waals surface area contributed by atoms with Crippen LogP contribution in [0.5, 0.6) is 0 Å². The topological polar surface area (TPSA) is 41.6 Å². The highest BCUT2D eigenvalue weighted by atomic mass is 79.9. The van der Waals surface area contributed by atoms with Crippen LogP contribution in [-0.2, 0) is 15.1 Å². The quantitative estimate of drug-likeness (QED) is 0.758. The van der Waals surface area contributed by atoms with E-state index in [1.54, 1.807) is 26.0 Å². The van der Waals surface area contributed by atoms with Gasteiger partial charge in [-0.05, 0) is 46.1 Å². The minimum Gasteiger partial charge on any atom is -0.464 e. The highest BCUT2D eigenvalue weighted by molar-refractivity contribution is 9.10. The highest BCUT2D eigenvalue weighted by Gasteiger charge is 2.38. The molecule has 1 aromatic rings. The summed E-state index contributed by atoms with van der Waals surface area (Å²) in [6.45, 7) is 4.89. The fraction of sp³-hybridized carbons (Fsp3) is 0.533. The van der Waals surface area contributed by atoms with Crippen molar-refractivity contribution in [3.63, 3.8) is 0 Å². The molecule has 0 aliphatic heterocycles. The molecule has 1 atom stereocenters. The average molecular weight is 361 g/mol. The Morgan fingerprint density at radius 2 is 2.14 bits per heavy atom. The van der Waals surface area contributed by atoms with Gasteiger partial charge in [0, 0.05) is 23.1 Å². The summed E-state index contributed by atoms with van der Waals surface area (Å²) in [5.41, 5.74) is -0.950. The lowest BCUT2D eigenvalue weighted by Gasteiger charge is -2.30. The number of ether oxygens (including phenoxy) is 1. The van der Waals surface area contributed by atoms with Gasteiger partial charge in [0.05, 0.1) is 6.61 Å². The van der Waals surface area contributed by atoms with Crippen molar-refractivity contribution in [2.45, 2.75) is 19.4 Å². The van der Waals surface area contributed by atoms with E-state index >= 15 is 0 Å². The molecule has 0 aliphatic rings. The van der Waals surface area contributed by atoms with E-state index in [2.05, 4.69) is 21.2 Å². The van der Waals surface area contributed by atoms with E-state index in [0.29, 0.717) is 11.0 Å². The standard InChI is InChI=1S/C15H22BrFN2O2/c1-5-21-14(20)15(2,18-8-9-19(3)4)12-10-11(16)6-7-13(12)17/h6-7,10,18H,5,8-9H2,1-4H3. The molecular formula is C15H22BrFN2O2. The fourth-order valence-electron chi connectivity index (χ4n) is 1.96. The van der Waals surface area contributed by atoms with Crippen LogP contribution in [0.2, 0.25) is 0 Å². The van der Waals surface area contributed by atoms with Gasteiger partial charge in [0.25, 0.3) is 0 Å². The third-order valence-corrected chi connectivity index (χ3v) is 3.68. The zero-order valence-corrected chi connectivity index (χ0v) is 14.5. The molecule has 6 heteroatoms. The molecule has 1 aromatic carbocycles. The fourth-order valence-corrected chi connectivity index (χ4v) is 2.32. The molecular weight excluding hydrogens is 339 g/mol. The largest absolute Gasteiger partial charge is 0.464 e. The minimum absolute atomic E-state index is 0.249. The van der Waals surface area contributed by atoms with Crippen molar-refractivity contribution in [1.82, 2.24) is 10.2 Å². The third kappa shape index (κ3) is 4.76. The number of hydrogen-bond acceptors (Lipinski definition) is 4. The van der Waals surface area contributed by atoms with E-state index in [-0.39, 0.29) is 12.2 Å². The second-order valence-electron chi connectivity index (χ2n) is 5.20. The number of benzene rings is 1. The Kier molecular flexibility index (Phi) is 6.77. The smallest absolute Gasteiger partial charge is 0.330 e. The van der Waals surface area contributed by atoms with Gasteiger partial charge < -0.3 is 9.64 Å². The summed E-state index contributed by atoms with van der Waals surface area (Å²) in [6, 6.07) is 4.55. The third-order valence-electron chi connectivity index (χ3n) is 3.19. The van der Waals surface area contributed by atoms with E-state index in [1.807, 2.05) is 19.0 Å². The van der Waals surface area contributed by atoms with E-state index < -0.39 is 17.3 Å². The van der Waals surface area contributed by atoms with Crippen LogP contribution in [-0.4, -0.2) is 44.7 Å². The van der Waals surface area contributed by atoms with Crippen molar-refractivity contribution in [1.29, 1.82) is 0 Å². The second kappa shape index (κ2) is 7.87. The number of halogens is 2. The molecule has 118 valence electrons. The first kappa shape index (κ1) is 18.1. The molecule has 0 spiro atoms. The molecule has 0 amide bonds. The first-order valence-corrected chi connectivity index (χ1v) is 7.63. The predicted octanol–water partition coefficient (Wildman–Crippen LogP) is 2.52. The van der Waals surface area contributed by atoms with Crippen LogP contribution in [0.4, 0.5) is 4.39 Å². The van der Waals surface area contributed by atoms with Gasteiger partial charge in [0.2, 0.25) is 0 Å².